The minimum absolute atomic E-state index is 0.377. The largest absolute Gasteiger partial charge is 0.497 e. The Hall–Kier alpha value is -1.23. The number of nitrogens with one attached hydrogen (secondary N) is 1. The van der Waals surface area contributed by atoms with Crippen molar-refractivity contribution in [2.75, 3.05) is 12.4 Å². The standard InChI is InChI=1S/C18H20INO/c1-12-10-14(19)7-9-17(12)20-18-5-3-4-13-6-8-15(21-2)11-16(13)18/h6-11,18,20H,3-5H2,1-2H3. The van der Waals surface area contributed by atoms with E-state index in [1.54, 1.807) is 7.11 Å². The zero-order valence-electron chi connectivity index (χ0n) is 12.4. The van der Waals surface area contributed by atoms with E-state index in [9.17, 15) is 0 Å². The van der Waals surface area contributed by atoms with E-state index in [2.05, 4.69) is 71.2 Å². The molecule has 1 unspecified atom stereocenters. The van der Waals surface area contributed by atoms with Gasteiger partial charge < -0.3 is 10.1 Å². The van der Waals surface area contributed by atoms with Crippen molar-refractivity contribution in [3.8, 4) is 5.75 Å². The number of fused-ring (bicyclic) bond motifs is 1. The van der Waals surface area contributed by atoms with Crippen LogP contribution in [0.5, 0.6) is 5.75 Å². The van der Waals surface area contributed by atoms with Crippen LogP contribution in [0.2, 0.25) is 0 Å². The molecule has 1 atom stereocenters. The van der Waals surface area contributed by atoms with E-state index in [0.29, 0.717) is 6.04 Å². The van der Waals surface area contributed by atoms with E-state index in [1.807, 2.05) is 0 Å². The molecule has 1 aliphatic rings. The van der Waals surface area contributed by atoms with E-state index in [1.165, 1.54) is 45.2 Å². The molecule has 2 aromatic rings. The Kier molecular flexibility index (Phi) is 4.38. The fourth-order valence-corrected chi connectivity index (χ4v) is 3.68. The van der Waals surface area contributed by atoms with Crippen LogP contribution in [-0.2, 0) is 6.42 Å². The van der Waals surface area contributed by atoms with Crippen molar-refractivity contribution in [3.05, 3.63) is 56.7 Å². The van der Waals surface area contributed by atoms with Crippen LogP contribution < -0.4 is 10.1 Å². The minimum Gasteiger partial charge on any atom is -0.497 e. The topological polar surface area (TPSA) is 21.3 Å². The van der Waals surface area contributed by atoms with Gasteiger partial charge in [-0.3, -0.25) is 0 Å². The van der Waals surface area contributed by atoms with Gasteiger partial charge in [0.1, 0.15) is 5.75 Å². The van der Waals surface area contributed by atoms with Gasteiger partial charge in [0.2, 0.25) is 0 Å². The maximum absolute atomic E-state index is 5.39. The summed E-state index contributed by atoms with van der Waals surface area (Å²) < 4.78 is 6.67. The molecule has 0 fully saturated rings. The van der Waals surface area contributed by atoms with Crippen LogP contribution in [0.3, 0.4) is 0 Å². The predicted octanol–water partition coefficient (Wildman–Crippen LogP) is 5.10. The number of hydrogen-bond acceptors (Lipinski definition) is 2. The first-order valence-corrected chi connectivity index (χ1v) is 8.45. The summed E-state index contributed by atoms with van der Waals surface area (Å²) >= 11 is 2.36. The highest BCUT2D eigenvalue weighted by atomic mass is 127. The normalized spacial score (nSPS) is 17.2. The van der Waals surface area contributed by atoms with E-state index in [4.69, 9.17) is 4.74 Å². The Labute approximate surface area is 140 Å². The first-order valence-electron chi connectivity index (χ1n) is 7.37. The molecule has 110 valence electrons. The van der Waals surface area contributed by atoms with Gasteiger partial charge in [-0.1, -0.05) is 6.07 Å². The van der Waals surface area contributed by atoms with Crippen molar-refractivity contribution in [2.45, 2.75) is 32.2 Å². The third-order valence-corrected chi connectivity index (χ3v) is 4.86. The number of aryl methyl sites for hydroxylation is 2. The van der Waals surface area contributed by atoms with Gasteiger partial charge in [0.05, 0.1) is 13.2 Å². The Bertz CT molecular complexity index is 654. The summed E-state index contributed by atoms with van der Waals surface area (Å²) in [5.74, 6) is 0.946. The molecule has 2 aromatic carbocycles. The van der Waals surface area contributed by atoms with Crippen LogP contribution >= 0.6 is 22.6 Å². The van der Waals surface area contributed by atoms with Gasteiger partial charge in [0.15, 0.2) is 0 Å². The lowest BCUT2D eigenvalue weighted by molar-refractivity contribution is 0.413. The Morgan fingerprint density at radius 3 is 2.81 bits per heavy atom. The molecule has 3 rings (SSSR count). The smallest absolute Gasteiger partial charge is 0.119 e. The molecule has 0 radical (unpaired) electrons. The van der Waals surface area contributed by atoms with Crippen molar-refractivity contribution in [3.63, 3.8) is 0 Å². The van der Waals surface area contributed by atoms with Crippen LogP contribution in [0, 0.1) is 10.5 Å². The molecule has 0 heterocycles. The van der Waals surface area contributed by atoms with Gasteiger partial charge in [-0.15, -0.1) is 0 Å². The quantitative estimate of drug-likeness (QED) is 0.733. The molecule has 0 aromatic heterocycles. The second-order valence-corrected chi connectivity index (χ2v) is 6.86. The lowest BCUT2D eigenvalue weighted by Crippen LogP contribution is -2.18. The second kappa shape index (κ2) is 6.26. The minimum atomic E-state index is 0.377. The van der Waals surface area contributed by atoms with Crippen LogP contribution in [0.25, 0.3) is 0 Å². The molecular formula is C18H20INO. The predicted molar refractivity (Wildman–Crippen MR) is 96.2 cm³/mol. The first-order chi connectivity index (χ1) is 10.2. The van der Waals surface area contributed by atoms with Gasteiger partial charge in [0.25, 0.3) is 0 Å². The van der Waals surface area contributed by atoms with Crippen molar-refractivity contribution >= 4 is 28.3 Å². The van der Waals surface area contributed by atoms with Crippen molar-refractivity contribution < 1.29 is 4.74 Å². The average Bonchev–Trinajstić information content (AvgIpc) is 2.50. The maximum Gasteiger partial charge on any atom is 0.119 e. The summed E-state index contributed by atoms with van der Waals surface area (Å²) in [5.41, 5.74) is 5.37. The van der Waals surface area contributed by atoms with Crippen LogP contribution in [0.15, 0.2) is 36.4 Å². The summed E-state index contributed by atoms with van der Waals surface area (Å²) in [4.78, 5) is 0. The summed E-state index contributed by atoms with van der Waals surface area (Å²) in [6.45, 7) is 2.17. The van der Waals surface area contributed by atoms with Gasteiger partial charge in [-0.2, -0.15) is 0 Å². The number of methoxy groups -OCH3 is 1. The number of anilines is 1. The monoisotopic (exact) mass is 393 g/mol. The van der Waals surface area contributed by atoms with Crippen LogP contribution in [-0.4, -0.2) is 7.11 Å². The van der Waals surface area contributed by atoms with E-state index < -0.39 is 0 Å². The third-order valence-electron chi connectivity index (χ3n) is 4.19. The average molecular weight is 393 g/mol. The summed E-state index contributed by atoms with van der Waals surface area (Å²) in [7, 11) is 1.73. The molecule has 3 heteroatoms. The van der Waals surface area contributed by atoms with Crippen LogP contribution in [0.1, 0.15) is 35.6 Å². The summed E-state index contributed by atoms with van der Waals surface area (Å²) in [5, 5.41) is 3.72. The first kappa shape index (κ1) is 14.7. The summed E-state index contributed by atoms with van der Waals surface area (Å²) in [6.07, 6.45) is 3.58. The number of halogens is 1. The van der Waals surface area contributed by atoms with Crippen molar-refractivity contribution in [1.82, 2.24) is 0 Å². The van der Waals surface area contributed by atoms with E-state index in [-0.39, 0.29) is 0 Å². The van der Waals surface area contributed by atoms with Gasteiger partial charge in [0, 0.05) is 9.26 Å². The Morgan fingerprint density at radius 1 is 1.19 bits per heavy atom. The van der Waals surface area contributed by atoms with Gasteiger partial charge in [-0.05, 0) is 95.8 Å². The highest BCUT2D eigenvalue weighted by Gasteiger charge is 2.21. The zero-order valence-corrected chi connectivity index (χ0v) is 14.6. The number of hydrogen-bond donors (Lipinski definition) is 1. The lowest BCUT2D eigenvalue weighted by atomic mass is 9.87. The van der Waals surface area contributed by atoms with Crippen molar-refractivity contribution in [1.29, 1.82) is 0 Å². The van der Waals surface area contributed by atoms with E-state index >= 15 is 0 Å². The molecular weight excluding hydrogens is 373 g/mol. The highest BCUT2D eigenvalue weighted by Crippen LogP contribution is 2.35. The summed E-state index contributed by atoms with van der Waals surface area (Å²) in [6, 6.07) is 13.4. The molecule has 0 saturated carbocycles. The SMILES string of the molecule is COc1ccc2c(c1)C(Nc1ccc(I)cc1C)CCC2. The highest BCUT2D eigenvalue weighted by molar-refractivity contribution is 14.1. The van der Waals surface area contributed by atoms with E-state index in [0.717, 1.165) is 5.75 Å². The Morgan fingerprint density at radius 2 is 2.05 bits per heavy atom. The van der Waals surface area contributed by atoms with Crippen LogP contribution in [0.4, 0.5) is 5.69 Å². The number of rotatable bonds is 3. The number of ether oxygens (including phenoxy) is 1. The van der Waals surface area contributed by atoms with Crippen molar-refractivity contribution in [2.24, 2.45) is 0 Å². The molecule has 0 spiro atoms. The van der Waals surface area contributed by atoms with Gasteiger partial charge in [-0.25, -0.2) is 0 Å². The zero-order chi connectivity index (χ0) is 14.8. The number of benzene rings is 2. The Balaban J connectivity index is 1.90. The molecule has 21 heavy (non-hydrogen) atoms. The third kappa shape index (κ3) is 3.18. The molecule has 0 bridgehead atoms. The fraction of sp³-hybridized carbons (Fsp3) is 0.333. The molecule has 0 aliphatic heterocycles. The second-order valence-electron chi connectivity index (χ2n) is 5.61. The molecule has 2 nitrogen and oxygen atoms in total. The fourth-order valence-electron chi connectivity index (χ4n) is 3.03. The molecule has 1 aliphatic carbocycles. The molecule has 0 saturated heterocycles. The molecule has 1 N–H and O–H groups in total. The lowest BCUT2D eigenvalue weighted by Gasteiger charge is -2.28. The maximum atomic E-state index is 5.39. The van der Waals surface area contributed by atoms with Gasteiger partial charge >= 0.3 is 0 Å². The molecule has 0 amide bonds.